The summed E-state index contributed by atoms with van der Waals surface area (Å²) in [5.41, 5.74) is 3.19. The van der Waals surface area contributed by atoms with E-state index in [9.17, 15) is 19.0 Å². The zero-order valence-electron chi connectivity index (χ0n) is 17.4. The average molecular weight is 425 g/mol. The summed E-state index contributed by atoms with van der Waals surface area (Å²) >= 11 is 0. The number of hydrogen-bond acceptors (Lipinski definition) is 5. The van der Waals surface area contributed by atoms with Crippen molar-refractivity contribution < 1.29 is 28.4 Å². The minimum Gasteiger partial charge on any atom is -0.459 e. The van der Waals surface area contributed by atoms with Gasteiger partial charge in [0.15, 0.2) is 0 Å². The first-order chi connectivity index (χ1) is 14.9. The van der Waals surface area contributed by atoms with Crippen molar-refractivity contribution >= 4 is 24.5 Å². The van der Waals surface area contributed by atoms with Gasteiger partial charge in [-0.15, -0.1) is 0 Å². The van der Waals surface area contributed by atoms with Crippen molar-refractivity contribution in [2.75, 3.05) is 0 Å². The maximum Gasteiger partial charge on any atom is 0.492 e. The SMILES string of the molecule is Cc1c(C(=O)NC(C(=O)OCc2ccc(F)cc2)C2CCCC2)ccc2c1B(O)OC2. The fraction of sp³-hybridized carbons (Fsp3) is 0.391. The number of esters is 1. The molecule has 0 aromatic heterocycles. The third-order valence-corrected chi connectivity index (χ3v) is 6.20. The first-order valence-corrected chi connectivity index (χ1v) is 10.6. The van der Waals surface area contributed by atoms with E-state index >= 15 is 0 Å². The molecule has 1 aliphatic heterocycles. The van der Waals surface area contributed by atoms with Gasteiger partial charge >= 0.3 is 13.1 Å². The Hall–Kier alpha value is -2.71. The van der Waals surface area contributed by atoms with Gasteiger partial charge in [-0.2, -0.15) is 0 Å². The summed E-state index contributed by atoms with van der Waals surface area (Å²) in [7, 11) is -1.05. The summed E-state index contributed by atoms with van der Waals surface area (Å²) in [5.74, 6) is -1.22. The van der Waals surface area contributed by atoms with E-state index in [-0.39, 0.29) is 24.2 Å². The first kappa shape index (κ1) is 21.5. The molecule has 31 heavy (non-hydrogen) atoms. The Morgan fingerprint density at radius 2 is 1.94 bits per heavy atom. The number of rotatable bonds is 6. The van der Waals surface area contributed by atoms with Crippen LogP contribution in [0.3, 0.4) is 0 Å². The molecule has 1 amide bonds. The molecule has 0 radical (unpaired) electrons. The van der Waals surface area contributed by atoms with E-state index in [1.54, 1.807) is 31.2 Å². The van der Waals surface area contributed by atoms with E-state index < -0.39 is 19.1 Å². The van der Waals surface area contributed by atoms with Crippen LogP contribution in [-0.2, 0) is 27.4 Å². The topological polar surface area (TPSA) is 84.9 Å². The molecule has 1 heterocycles. The molecule has 2 aromatic rings. The molecule has 6 nitrogen and oxygen atoms in total. The van der Waals surface area contributed by atoms with Gasteiger partial charge in [-0.3, -0.25) is 4.79 Å². The lowest BCUT2D eigenvalue weighted by atomic mass is 9.75. The monoisotopic (exact) mass is 425 g/mol. The van der Waals surface area contributed by atoms with Crippen molar-refractivity contribution in [1.29, 1.82) is 0 Å². The Morgan fingerprint density at radius 3 is 2.65 bits per heavy atom. The Labute approximate surface area is 180 Å². The number of amides is 1. The van der Waals surface area contributed by atoms with Gasteiger partial charge < -0.3 is 19.7 Å². The second-order valence-corrected chi connectivity index (χ2v) is 8.20. The molecule has 8 heteroatoms. The van der Waals surface area contributed by atoms with Gasteiger partial charge in [-0.05, 0) is 66.0 Å². The fourth-order valence-corrected chi connectivity index (χ4v) is 4.46. The summed E-state index contributed by atoms with van der Waals surface area (Å²) in [5, 5.41) is 12.9. The van der Waals surface area contributed by atoms with Crippen molar-refractivity contribution in [3.63, 3.8) is 0 Å². The van der Waals surface area contributed by atoms with Crippen molar-refractivity contribution in [1.82, 2.24) is 5.32 Å². The molecule has 4 rings (SSSR count). The molecular formula is C23H25BFNO5. The lowest BCUT2D eigenvalue weighted by Crippen LogP contribution is -2.46. The largest absolute Gasteiger partial charge is 0.492 e. The van der Waals surface area contributed by atoms with E-state index in [1.165, 1.54) is 12.1 Å². The first-order valence-electron chi connectivity index (χ1n) is 10.6. The molecule has 2 N–H and O–H groups in total. The quantitative estimate of drug-likeness (QED) is 0.549. The van der Waals surface area contributed by atoms with Crippen LogP contribution < -0.4 is 10.8 Å². The van der Waals surface area contributed by atoms with Crippen LogP contribution in [-0.4, -0.2) is 30.1 Å². The average Bonchev–Trinajstić information content (AvgIpc) is 3.42. The molecule has 0 spiro atoms. The Bertz CT molecular complexity index is 975. The van der Waals surface area contributed by atoms with Crippen LogP contribution in [0.2, 0.25) is 0 Å². The number of ether oxygens (including phenoxy) is 1. The van der Waals surface area contributed by atoms with Crippen molar-refractivity contribution in [3.05, 3.63) is 64.5 Å². The molecule has 1 unspecified atom stereocenters. The van der Waals surface area contributed by atoms with Gasteiger partial charge in [0.05, 0.1) is 6.61 Å². The predicted molar refractivity (Wildman–Crippen MR) is 113 cm³/mol. The van der Waals surface area contributed by atoms with Gasteiger partial charge in [0.2, 0.25) is 0 Å². The van der Waals surface area contributed by atoms with Gasteiger partial charge in [0, 0.05) is 5.56 Å². The summed E-state index contributed by atoms with van der Waals surface area (Å²) in [6.45, 7) is 2.09. The van der Waals surface area contributed by atoms with Gasteiger partial charge in [0.1, 0.15) is 18.5 Å². The van der Waals surface area contributed by atoms with E-state index in [0.717, 1.165) is 31.2 Å². The number of carbonyl (C=O) groups excluding carboxylic acids is 2. The number of hydrogen-bond donors (Lipinski definition) is 2. The lowest BCUT2D eigenvalue weighted by Gasteiger charge is -2.24. The van der Waals surface area contributed by atoms with Crippen LogP contribution in [0.15, 0.2) is 36.4 Å². The van der Waals surface area contributed by atoms with Crippen molar-refractivity contribution in [2.45, 2.75) is 51.9 Å². The molecule has 162 valence electrons. The molecule has 0 bridgehead atoms. The fourth-order valence-electron chi connectivity index (χ4n) is 4.46. The molecule has 2 aromatic carbocycles. The number of fused-ring (bicyclic) bond motifs is 1. The van der Waals surface area contributed by atoms with Crippen molar-refractivity contribution in [3.8, 4) is 0 Å². The Kier molecular flexibility index (Phi) is 6.39. The van der Waals surface area contributed by atoms with Gasteiger partial charge in [-0.25, -0.2) is 9.18 Å². The maximum absolute atomic E-state index is 13.1. The number of nitrogens with one attached hydrogen (secondary N) is 1. The van der Waals surface area contributed by atoms with Crippen LogP contribution in [0.5, 0.6) is 0 Å². The highest BCUT2D eigenvalue weighted by atomic mass is 19.1. The number of halogens is 1. The molecule has 2 aliphatic rings. The summed E-state index contributed by atoms with van der Waals surface area (Å²) in [6.07, 6.45) is 3.69. The van der Waals surface area contributed by atoms with Crippen LogP contribution in [0, 0.1) is 18.7 Å². The normalized spacial score (nSPS) is 16.8. The molecule has 1 saturated carbocycles. The summed E-state index contributed by atoms with van der Waals surface area (Å²) in [4.78, 5) is 26.0. The highest BCUT2D eigenvalue weighted by molar-refractivity contribution is 6.62. The number of carbonyl (C=O) groups is 2. The minimum atomic E-state index is -1.05. The van der Waals surface area contributed by atoms with Crippen LogP contribution in [0.25, 0.3) is 0 Å². The van der Waals surface area contributed by atoms with Crippen LogP contribution >= 0.6 is 0 Å². The second kappa shape index (κ2) is 9.20. The lowest BCUT2D eigenvalue weighted by molar-refractivity contribution is -0.148. The van der Waals surface area contributed by atoms with E-state index in [2.05, 4.69) is 5.32 Å². The molecule has 0 saturated heterocycles. The van der Waals surface area contributed by atoms with Crippen LogP contribution in [0.1, 0.15) is 52.7 Å². The van der Waals surface area contributed by atoms with Crippen molar-refractivity contribution in [2.24, 2.45) is 5.92 Å². The third kappa shape index (κ3) is 4.65. The highest BCUT2D eigenvalue weighted by Gasteiger charge is 2.35. The van der Waals surface area contributed by atoms with Gasteiger partial charge in [0.25, 0.3) is 5.91 Å². The second-order valence-electron chi connectivity index (χ2n) is 8.20. The molecule has 1 fully saturated rings. The van der Waals surface area contributed by atoms with E-state index in [4.69, 9.17) is 9.39 Å². The zero-order valence-corrected chi connectivity index (χ0v) is 17.4. The Morgan fingerprint density at radius 1 is 1.23 bits per heavy atom. The van der Waals surface area contributed by atoms with E-state index in [1.807, 2.05) is 0 Å². The molecular weight excluding hydrogens is 400 g/mol. The zero-order chi connectivity index (χ0) is 22.0. The summed E-state index contributed by atoms with van der Waals surface area (Å²) < 4.78 is 23.8. The highest BCUT2D eigenvalue weighted by Crippen LogP contribution is 2.29. The maximum atomic E-state index is 13.1. The minimum absolute atomic E-state index is 0.00771. The van der Waals surface area contributed by atoms with Gasteiger partial charge in [-0.1, -0.05) is 31.0 Å². The molecule has 1 atom stereocenters. The van der Waals surface area contributed by atoms with E-state index in [0.29, 0.717) is 28.8 Å². The third-order valence-electron chi connectivity index (χ3n) is 6.20. The smallest absolute Gasteiger partial charge is 0.459 e. The predicted octanol–water partition coefficient (Wildman–Crippen LogP) is 2.38. The summed E-state index contributed by atoms with van der Waals surface area (Å²) in [6, 6.07) is 8.46. The molecule has 1 aliphatic carbocycles. The standard InChI is InChI=1S/C23H25BFNO5/c1-14-19(11-8-17-13-31-24(29)20(14)17)22(27)26-21(16-4-2-3-5-16)23(28)30-12-15-6-9-18(25)10-7-15/h6-11,16,21,29H,2-5,12-13H2,1H3,(H,26,27). The van der Waals surface area contributed by atoms with Crippen LogP contribution in [0.4, 0.5) is 4.39 Å². The Balaban J connectivity index is 1.49. The number of benzene rings is 2.